The summed E-state index contributed by atoms with van der Waals surface area (Å²) in [4.78, 5) is 36.0. The maximum Gasteiger partial charge on any atom is 0.339 e. The van der Waals surface area contributed by atoms with E-state index in [0.717, 1.165) is 5.56 Å². The molecule has 2 rings (SSSR count). The van der Waals surface area contributed by atoms with Gasteiger partial charge in [-0.15, -0.1) is 0 Å². The maximum absolute atomic E-state index is 12.2. The Hall–Kier alpha value is -3.68. The van der Waals surface area contributed by atoms with Gasteiger partial charge in [-0.3, -0.25) is 9.59 Å². The average Bonchev–Trinajstić information content (AvgIpc) is 2.72. The van der Waals surface area contributed by atoms with Crippen molar-refractivity contribution in [2.45, 2.75) is 19.8 Å². The number of hydrogen-bond donors (Lipinski definition) is 2. The minimum atomic E-state index is -0.544. The van der Waals surface area contributed by atoms with Crippen molar-refractivity contribution >= 4 is 29.2 Å². The molecule has 2 amide bonds. The van der Waals surface area contributed by atoms with Crippen molar-refractivity contribution in [1.82, 2.24) is 5.43 Å². The Labute approximate surface area is 168 Å². The molecule has 0 aromatic heterocycles. The lowest BCUT2D eigenvalue weighted by atomic mass is 10.1. The van der Waals surface area contributed by atoms with Gasteiger partial charge in [-0.25, -0.2) is 10.2 Å². The van der Waals surface area contributed by atoms with Crippen molar-refractivity contribution in [2.24, 2.45) is 5.10 Å². The Morgan fingerprint density at radius 2 is 1.66 bits per heavy atom. The molecule has 2 N–H and O–H groups in total. The van der Waals surface area contributed by atoms with Crippen LogP contribution in [0.4, 0.5) is 5.69 Å². The summed E-state index contributed by atoms with van der Waals surface area (Å²) in [5.74, 6) is -0.502. The van der Waals surface area contributed by atoms with Crippen LogP contribution in [0.5, 0.6) is 5.75 Å². The van der Waals surface area contributed by atoms with Crippen LogP contribution in [0.25, 0.3) is 0 Å². The van der Waals surface area contributed by atoms with Crippen molar-refractivity contribution < 1.29 is 23.9 Å². The van der Waals surface area contributed by atoms with Crippen LogP contribution in [0.1, 0.15) is 29.3 Å². The second-order valence-electron chi connectivity index (χ2n) is 6.17. The van der Waals surface area contributed by atoms with Gasteiger partial charge in [-0.05, 0) is 36.8 Å². The van der Waals surface area contributed by atoms with Gasteiger partial charge < -0.3 is 14.8 Å². The fourth-order valence-corrected chi connectivity index (χ4v) is 2.47. The number of carbonyl (C=O) groups excluding carboxylic acids is 3. The predicted octanol–water partition coefficient (Wildman–Crippen LogP) is 2.55. The van der Waals surface area contributed by atoms with Crippen LogP contribution in [0.2, 0.25) is 0 Å². The number of amides is 2. The Morgan fingerprint density at radius 3 is 2.31 bits per heavy atom. The number of nitrogens with zero attached hydrogens (tertiary/aromatic N) is 1. The molecule has 0 aliphatic heterocycles. The molecule has 29 heavy (non-hydrogen) atoms. The molecule has 152 valence electrons. The molecular formula is C21H23N3O5. The van der Waals surface area contributed by atoms with E-state index in [1.165, 1.54) is 7.11 Å². The lowest BCUT2D eigenvalue weighted by molar-refractivity contribution is -0.120. The number of carbonyl (C=O) groups is 3. The highest BCUT2D eigenvalue weighted by Gasteiger charge is 2.13. The first kappa shape index (κ1) is 21.6. The summed E-state index contributed by atoms with van der Waals surface area (Å²) in [6.45, 7) is 1.62. The molecule has 0 aliphatic carbocycles. The van der Waals surface area contributed by atoms with Crippen molar-refractivity contribution in [3.63, 3.8) is 0 Å². The van der Waals surface area contributed by atoms with E-state index < -0.39 is 5.97 Å². The van der Waals surface area contributed by atoms with E-state index in [1.54, 1.807) is 62.6 Å². The molecule has 8 nitrogen and oxygen atoms in total. The third-order valence-corrected chi connectivity index (χ3v) is 3.92. The summed E-state index contributed by atoms with van der Waals surface area (Å²) in [7, 11) is 2.84. The minimum Gasteiger partial charge on any atom is -0.497 e. The number of anilines is 1. The molecule has 0 saturated heterocycles. The summed E-state index contributed by atoms with van der Waals surface area (Å²) in [6.07, 6.45) is 0.109. The zero-order valence-electron chi connectivity index (χ0n) is 16.5. The fraction of sp³-hybridized carbons (Fsp3) is 0.238. The van der Waals surface area contributed by atoms with E-state index in [-0.39, 0.29) is 30.2 Å². The molecule has 0 spiro atoms. The topological polar surface area (TPSA) is 106 Å². The Balaban J connectivity index is 1.88. The zero-order chi connectivity index (χ0) is 21.2. The first-order chi connectivity index (χ1) is 13.9. The highest BCUT2D eigenvalue weighted by atomic mass is 16.5. The van der Waals surface area contributed by atoms with Crippen LogP contribution >= 0.6 is 0 Å². The van der Waals surface area contributed by atoms with E-state index in [0.29, 0.717) is 17.1 Å². The third-order valence-electron chi connectivity index (χ3n) is 3.92. The third kappa shape index (κ3) is 6.76. The molecule has 0 saturated carbocycles. The molecule has 0 unspecified atom stereocenters. The number of hydrogen-bond acceptors (Lipinski definition) is 6. The first-order valence-electron chi connectivity index (χ1n) is 8.85. The Bertz CT molecular complexity index is 907. The quantitative estimate of drug-likeness (QED) is 0.404. The van der Waals surface area contributed by atoms with E-state index in [4.69, 9.17) is 9.47 Å². The maximum atomic E-state index is 12.2. The van der Waals surface area contributed by atoms with Gasteiger partial charge in [0.05, 0.1) is 38.3 Å². The normalized spacial score (nSPS) is 10.8. The summed E-state index contributed by atoms with van der Waals surface area (Å²) in [6, 6.07) is 13.7. The SMILES string of the molecule is COC(=O)c1ccccc1NC(=O)C/C(C)=N/NC(=O)Cc1ccc(OC)cc1. The van der Waals surface area contributed by atoms with Gasteiger partial charge in [-0.2, -0.15) is 5.10 Å². The lowest BCUT2D eigenvalue weighted by Crippen LogP contribution is -2.23. The molecule has 0 heterocycles. The largest absolute Gasteiger partial charge is 0.497 e. The predicted molar refractivity (Wildman–Crippen MR) is 109 cm³/mol. The molecular weight excluding hydrogens is 374 g/mol. The van der Waals surface area contributed by atoms with Crippen molar-refractivity contribution in [2.75, 3.05) is 19.5 Å². The Morgan fingerprint density at radius 1 is 0.966 bits per heavy atom. The van der Waals surface area contributed by atoms with Gasteiger partial charge in [0.25, 0.3) is 0 Å². The van der Waals surface area contributed by atoms with Gasteiger partial charge in [-0.1, -0.05) is 24.3 Å². The average molecular weight is 397 g/mol. The first-order valence-corrected chi connectivity index (χ1v) is 8.85. The van der Waals surface area contributed by atoms with Gasteiger partial charge in [0.15, 0.2) is 0 Å². The molecule has 2 aromatic rings. The van der Waals surface area contributed by atoms with Gasteiger partial charge in [0, 0.05) is 5.71 Å². The highest BCUT2D eigenvalue weighted by molar-refractivity contribution is 6.08. The number of methoxy groups -OCH3 is 2. The standard InChI is InChI=1S/C21H23N3O5/c1-14(23-24-20(26)13-15-8-10-16(28-2)11-9-15)12-19(25)22-18-7-5-4-6-17(18)21(27)29-3/h4-11H,12-13H2,1-3H3,(H,22,25)(H,24,26)/b23-14+. The molecule has 0 atom stereocenters. The number of nitrogens with one attached hydrogen (secondary N) is 2. The number of rotatable bonds is 8. The minimum absolute atomic E-state index is 0.0433. The molecule has 0 aliphatic rings. The van der Waals surface area contributed by atoms with Gasteiger partial charge in [0.2, 0.25) is 11.8 Å². The summed E-state index contributed by atoms with van der Waals surface area (Å²) < 4.78 is 9.77. The molecule has 0 radical (unpaired) electrons. The number of hydrazone groups is 1. The van der Waals surface area contributed by atoms with Crippen LogP contribution in [0, 0.1) is 0 Å². The second-order valence-corrected chi connectivity index (χ2v) is 6.17. The van der Waals surface area contributed by atoms with Gasteiger partial charge in [0.1, 0.15) is 5.75 Å². The monoisotopic (exact) mass is 397 g/mol. The summed E-state index contributed by atoms with van der Waals surface area (Å²) in [5.41, 5.74) is 4.27. The van der Waals surface area contributed by atoms with Crippen LogP contribution in [0.15, 0.2) is 53.6 Å². The molecule has 0 bridgehead atoms. The van der Waals surface area contributed by atoms with Gasteiger partial charge >= 0.3 is 5.97 Å². The van der Waals surface area contributed by atoms with Crippen LogP contribution in [0.3, 0.4) is 0 Å². The highest BCUT2D eigenvalue weighted by Crippen LogP contribution is 2.16. The number of esters is 1. The smallest absolute Gasteiger partial charge is 0.339 e. The number of para-hydroxylation sites is 1. The molecule has 2 aromatic carbocycles. The van der Waals surface area contributed by atoms with E-state index in [2.05, 4.69) is 15.8 Å². The van der Waals surface area contributed by atoms with E-state index >= 15 is 0 Å². The number of ether oxygens (including phenoxy) is 2. The Kier molecular flexibility index (Phi) is 7.90. The summed E-state index contributed by atoms with van der Waals surface area (Å²) in [5, 5.41) is 6.60. The zero-order valence-corrected chi connectivity index (χ0v) is 16.5. The molecule has 0 fully saturated rings. The lowest BCUT2D eigenvalue weighted by Gasteiger charge is -2.09. The van der Waals surface area contributed by atoms with Crippen molar-refractivity contribution in [3.8, 4) is 5.75 Å². The molecule has 8 heteroatoms. The van der Waals surface area contributed by atoms with Crippen molar-refractivity contribution in [3.05, 3.63) is 59.7 Å². The van der Waals surface area contributed by atoms with Crippen LogP contribution < -0.4 is 15.5 Å². The van der Waals surface area contributed by atoms with E-state index in [9.17, 15) is 14.4 Å². The number of benzene rings is 2. The van der Waals surface area contributed by atoms with Crippen molar-refractivity contribution in [1.29, 1.82) is 0 Å². The van der Waals surface area contributed by atoms with E-state index in [1.807, 2.05) is 0 Å². The summed E-state index contributed by atoms with van der Waals surface area (Å²) >= 11 is 0. The second kappa shape index (κ2) is 10.6. The fourth-order valence-electron chi connectivity index (χ4n) is 2.47. The van der Waals surface area contributed by atoms with Crippen LogP contribution in [-0.2, 0) is 20.7 Å². The van der Waals surface area contributed by atoms with Crippen LogP contribution in [-0.4, -0.2) is 37.7 Å².